The quantitative estimate of drug-likeness (QED) is 0.647. The highest BCUT2D eigenvalue weighted by Crippen LogP contribution is 2.32. The molecule has 0 aromatic heterocycles. The largest absolute Gasteiger partial charge is 0.406 e. The van der Waals surface area contributed by atoms with Crippen molar-refractivity contribution >= 4 is 0 Å². The van der Waals surface area contributed by atoms with E-state index in [1.165, 1.54) is 7.05 Å². The van der Waals surface area contributed by atoms with Crippen LogP contribution in [0.15, 0.2) is 0 Å². The summed E-state index contributed by atoms with van der Waals surface area (Å²) in [5.74, 6) is 0. The van der Waals surface area contributed by atoms with Crippen LogP contribution < -0.4 is 0 Å². The summed E-state index contributed by atoms with van der Waals surface area (Å²) in [7, 11) is 1.22. The first-order valence-corrected chi connectivity index (χ1v) is 3.52. The first-order valence-electron chi connectivity index (χ1n) is 3.52. The summed E-state index contributed by atoms with van der Waals surface area (Å²) in [5, 5.41) is 9.30. The zero-order chi connectivity index (χ0) is 9.35. The van der Waals surface area contributed by atoms with E-state index in [-0.39, 0.29) is 13.0 Å². The SMILES string of the molecule is CN1O[C@@H](CO)C[C@@H]1C(F)(F)F. The maximum atomic E-state index is 12.1. The van der Waals surface area contributed by atoms with E-state index in [0.29, 0.717) is 0 Å². The average Bonchev–Trinajstić information content (AvgIpc) is 2.29. The molecule has 0 spiro atoms. The zero-order valence-electron chi connectivity index (χ0n) is 6.51. The van der Waals surface area contributed by atoms with Gasteiger partial charge in [-0.05, 0) is 0 Å². The van der Waals surface area contributed by atoms with Crippen LogP contribution in [0.5, 0.6) is 0 Å². The van der Waals surface area contributed by atoms with E-state index in [4.69, 9.17) is 9.94 Å². The molecule has 72 valence electrons. The normalized spacial score (nSPS) is 32.8. The monoisotopic (exact) mass is 185 g/mol. The van der Waals surface area contributed by atoms with Gasteiger partial charge in [-0.3, -0.25) is 4.84 Å². The Morgan fingerprint density at radius 1 is 1.58 bits per heavy atom. The second-order valence-corrected chi connectivity index (χ2v) is 2.75. The van der Waals surface area contributed by atoms with Gasteiger partial charge >= 0.3 is 6.18 Å². The highest BCUT2D eigenvalue weighted by molar-refractivity contribution is 4.81. The fourth-order valence-electron chi connectivity index (χ4n) is 1.20. The molecule has 1 aliphatic heterocycles. The van der Waals surface area contributed by atoms with Crippen molar-refractivity contribution in [1.82, 2.24) is 5.06 Å². The molecule has 1 heterocycles. The lowest BCUT2D eigenvalue weighted by molar-refractivity contribution is -0.233. The number of hydroxylamine groups is 2. The van der Waals surface area contributed by atoms with Crippen molar-refractivity contribution in [3.05, 3.63) is 0 Å². The second kappa shape index (κ2) is 3.20. The van der Waals surface area contributed by atoms with E-state index < -0.39 is 18.3 Å². The predicted molar refractivity (Wildman–Crippen MR) is 34.2 cm³/mol. The number of halogens is 3. The molecule has 0 aromatic rings. The lowest BCUT2D eigenvalue weighted by atomic mass is 10.1. The van der Waals surface area contributed by atoms with E-state index in [9.17, 15) is 13.2 Å². The summed E-state index contributed by atoms with van der Waals surface area (Å²) in [5.41, 5.74) is 0. The van der Waals surface area contributed by atoms with Gasteiger partial charge < -0.3 is 5.11 Å². The molecule has 1 N–H and O–H groups in total. The molecule has 0 unspecified atom stereocenters. The van der Waals surface area contributed by atoms with E-state index >= 15 is 0 Å². The fraction of sp³-hybridized carbons (Fsp3) is 1.00. The van der Waals surface area contributed by atoms with E-state index in [2.05, 4.69) is 0 Å². The molecule has 1 aliphatic rings. The van der Waals surface area contributed by atoms with Gasteiger partial charge in [0, 0.05) is 13.5 Å². The molecular weight excluding hydrogens is 175 g/mol. The topological polar surface area (TPSA) is 32.7 Å². The van der Waals surface area contributed by atoms with E-state index in [1.807, 2.05) is 0 Å². The average molecular weight is 185 g/mol. The first kappa shape index (κ1) is 9.76. The Balaban J connectivity index is 2.58. The standard InChI is InChI=1S/C6H10F3NO2/c1-10-5(6(7,8)9)2-4(3-11)12-10/h4-5,11H,2-3H2,1H3/t4-,5-/m1/s1. The molecule has 0 bridgehead atoms. The molecule has 0 aromatic carbocycles. The van der Waals surface area contributed by atoms with Crippen LogP contribution in [-0.2, 0) is 4.84 Å². The van der Waals surface area contributed by atoms with Crippen molar-refractivity contribution in [2.75, 3.05) is 13.7 Å². The van der Waals surface area contributed by atoms with Crippen molar-refractivity contribution in [3.8, 4) is 0 Å². The number of aliphatic hydroxyl groups is 1. The molecule has 3 nitrogen and oxygen atoms in total. The van der Waals surface area contributed by atoms with Gasteiger partial charge in [0.2, 0.25) is 0 Å². The van der Waals surface area contributed by atoms with Gasteiger partial charge in [0.1, 0.15) is 12.1 Å². The minimum Gasteiger partial charge on any atom is -0.394 e. The Hall–Kier alpha value is -0.330. The van der Waals surface area contributed by atoms with Crippen LogP contribution in [0.3, 0.4) is 0 Å². The number of rotatable bonds is 1. The van der Waals surface area contributed by atoms with Gasteiger partial charge in [-0.25, -0.2) is 0 Å². The van der Waals surface area contributed by atoms with Crippen LogP contribution >= 0.6 is 0 Å². The second-order valence-electron chi connectivity index (χ2n) is 2.75. The van der Waals surface area contributed by atoms with Gasteiger partial charge in [-0.2, -0.15) is 18.2 Å². The van der Waals surface area contributed by atoms with Crippen LogP contribution in [0.4, 0.5) is 13.2 Å². The van der Waals surface area contributed by atoms with Gasteiger partial charge in [-0.15, -0.1) is 0 Å². The smallest absolute Gasteiger partial charge is 0.394 e. The highest BCUT2D eigenvalue weighted by atomic mass is 19.4. The molecule has 0 amide bonds. The Morgan fingerprint density at radius 3 is 2.42 bits per heavy atom. The van der Waals surface area contributed by atoms with Crippen molar-refractivity contribution < 1.29 is 23.1 Å². The maximum Gasteiger partial charge on any atom is 0.406 e. The predicted octanol–water partition coefficient (Wildman–Crippen LogP) is 0.545. The summed E-state index contributed by atoms with van der Waals surface area (Å²) in [4.78, 5) is 4.71. The van der Waals surface area contributed by atoms with Crippen molar-refractivity contribution in [2.45, 2.75) is 24.7 Å². The zero-order valence-corrected chi connectivity index (χ0v) is 6.51. The molecular formula is C6H10F3NO2. The molecule has 1 fully saturated rings. The minimum absolute atomic E-state index is 0.198. The number of aliphatic hydroxyl groups excluding tert-OH is 1. The Kier molecular flexibility index (Phi) is 2.60. The van der Waals surface area contributed by atoms with E-state index in [1.54, 1.807) is 0 Å². The molecule has 6 heteroatoms. The third-order valence-corrected chi connectivity index (χ3v) is 1.82. The van der Waals surface area contributed by atoms with Crippen LogP contribution in [0.2, 0.25) is 0 Å². The minimum atomic E-state index is -4.28. The lowest BCUT2D eigenvalue weighted by Crippen LogP contribution is -2.37. The maximum absolute atomic E-state index is 12.1. The Morgan fingerprint density at radius 2 is 2.17 bits per heavy atom. The van der Waals surface area contributed by atoms with Gasteiger partial charge in [0.15, 0.2) is 0 Å². The number of nitrogens with zero attached hydrogens (tertiary/aromatic N) is 1. The molecule has 12 heavy (non-hydrogen) atoms. The molecule has 2 atom stereocenters. The molecule has 0 radical (unpaired) electrons. The molecule has 0 aliphatic carbocycles. The third-order valence-electron chi connectivity index (χ3n) is 1.82. The molecule has 0 saturated carbocycles. The highest BCUT2D eigenvalue weighted by Gasteiger charge is 2.48. The summed E-state index contributed by atoms with van der Waals surface area (Å²) in [6.45, 7) is -0.378. The number of hydrogen-bond acceptors (Lipinski definition) is 3. The van der Waals surface area contributed by atoms with Crippen LogP contribution in [0.25, 0.3) is 0 Å². The van der Waals surface area contributed by atoms with E-state index in [0.717, 1.165) is 5.06 Å². The summed E-state index contributed by atoms with van der Waals surface area (Å²) >= 11 is 0. The summed E-state index contributed by atoms with van der Waals surface area (Å²) < 4.78 is 36.4. The third kappa shape index (κ3) is 1.88. The number of alkyl halides is 3. The Bertz CT molecular complexity index is 161. The molecule has 1 saturated heterocycles. The van der Waals surface area contributed by atoms with Crippen LogP contribution in [-0.4, -0.2) is 42.1 Å². The fourth-order valence-corrected chi connectivity index (χ4v) is 1.20. The number of hydrogen-bond donors (Lipinski definition) is 1. The van der Waals surface area contributed by atoms with Gasteiger partial charge in [0.25, 0.3) is 0 Å². The van der Waals surface area contributed by atoms with Gasteiger partial charge in [0.05, 0.1) is 6.61 Å². The first-order chi connectivity index (χ1) is 5.45. The Labute approximate surface area is 67.7 Å². The molecule has 1 rings (SSSR count). The van der Waals surface area contributed by atoms with Crippen molar-refractivity contribution in [3.63, 3.8) is 0 Å². The lowest BCUT2D eigenvalue weighted by Gasteiger charge is -2.19. The van der Waals surface area contributed by atoms with Gasteiger partial charge in [-0.1, -0.05) is 0 Å². The van der Waals surface area contributed by atoms with Crippen molar-refractivity contribution in [1.29, 1.82) is 0 Å². The summed E-state index contributed by atoms with van der Waals surface area (Å²) in [6, 6.07) is -1.59. The van der Waals surface area contributed by atoms with Crippen LogP contribution in [0.1, 0.15) is 6.42 Å². The van der Waals surface area contributed by atoms with Crippen LogP contribution in [0, 0.1) is 0 Å². The summed E-state index contributed by atoms with van der Waals surface area (Å²) in [6.07, 6.45) is -5.20. The van der Waals surface area contributed by atoms with Crippen molar-refractivity contribution in [2.24, 2.45) is 0 Å².